The molecule has 0 radical (unpaired) electrons. The van der Waals surface area contributed by atoms with Gasteiger partial charge in [0.25, 0.3) is 0 Å². The van der Waals surface area contributed by atoms with Crippen molar-refractivity contribution in [3.8, 4) is 0 Å². The van der Waals surface area contributed by atoms with Crippen molar-refractivity contribution in [1.82, 2.24) is 0 Å². The van der Waals surface area contributed by atoms with Crippen molar-refractivity contribution in [2.24, 2.45) is 0 Å². The molecule has 10 rings (SSSR count). The van der Waals surface area contributed by atoms with Gasteiger partial charge in [-0.05, 0) is 0 Å². The fourth-order valence-corrected chi connectivity index (χ4v) is 98.4. The van der Waals surface area contributed by atoms with Gasteiger partial charge in [0.1, 0.15) is 0 Å². The van der Waals surface area contributed by atoms with Crippen molar-refractivity contribution >= 4 is 8.46 Å². The van der Waals surface area contributed by atoms with E-state index in [4.69, 9.17) is 0 Å². The van der Waals surface area contributed by atoms with E-state index in [1.807, 2.05) is 0 Å². The van der Waals surface area contributed by atoms with Crippen LogP contribution in [0, 0.1) is 0 Å². The van der Waals surface area contributed by atoms with Gasteiger partial charge in [0.05, 0.1) is 0 Å². The van der Waals surface area contributed by atoms with Crippen LogP contribution in [0.25, 0.3) is 0 Å². The Bertz CT molecular complexity index is 804. The molecule has 1 spiro atoms. The van der Waals surface area contributed by atoms with Crippen LogP contribution in [0.15, 0.2) is 0 Å². The van der Waals surface area contributed by atoms with Crippen LogP contribution < -0.4 is 0 Å². The number of fused-ring (bicyclic) bond motifs is 10. The number of hydrogen-bond donors (Lipinski definition) is 0. The summed E-state index contributed by atoms with van der Waals surface area (Å²) in [4.78, 5) is 12.0. The molecule has 10 aliphatic rings. The summed E-state index contributed by atoms with van der Waals surface area (Å²) in [6, 6.07) is 0. The average molecular weight is 232 g/mol. The molecule has 10 aliphatic heterocycles. The van der Waals surface area contributed by atoms with E-state index in [-0.39, 0.29) is 0 Å². The summed E-state index contributed by atoms with van der Waals surface area (Å²) in [5.41, 5.74) is 0. The summed E-state index contributed by atoms with van der Waals surface area (Å²) >= 11 is 0. The maximum absolute atomic E-state index is 11.7. The van der Waals surface area contributed by atoms with Gasteiger partial charge in [-0.3, -0.25) is 0 Å². The Morgan fingerprint density at radius 1 is 0.846 bits per heavy atom. The summed E-state index contributed by atoms with van der Waals surface area (Å²) in [7, 11) is 0.683. The molecular formula is C10H9FeOP. The van der Waals surface area contributed by atoms with Crippen molar-refractivity contribution in [3.63, 3.8) is 0 Å². The van der Waals surface area contributed by atoms with Crippen LogP contribution >= 0.6 is 8.46 Å². The van der Waals surface area contributed by atoms with Crippen molar-refractivity contribution in [2.45, 2.75) is 47.4 Å². The second-order valence-electron chi connectivity index (χ2n) is 9.73. The van der Waals surface area contributed by atoms with Crippen LogP contribution in [-0.4, -0.2) is 4.05 Å². The molecule has 0 aliphatic carbocycles. The first kappa shape index (κ1) is 4.24. The molecule has 10 fully saturated rings. The van der Waals surface area contributed by atoms with E-state index in [1.165, 1.54) is 43.3 Å². The van der Waals surface area contributed by atoms with Gasteiger partial charge in [-0.15, -0.1) is 0 Å². The Kier molecular flexibility index (Phi) is 0.0876. The summed E-state index contributed by atoms with van der Waals surface area (Å²) in [5, 5.41) is 0. The second kappa shape index (κ2) is 0.269. The van der Waals surface area contributed by atoms with E-state index < -0.39 is 6.51 Å². The van der Waals surface area contributed by atoms with E-state index in [0.717, 1.165) is 0 Å². The van der Waals surface area contributed by atoms with Crippen molar-refractivity contribution in [3.05, 3.63) is 0 Å². The molecule has 0 N–H and O–H groups in total. The molecule has 68 valence electrons. The number of hydrogen-bond acceptors (Lipinski definition) is 1. The van der Waals surface area contributed by atoms with Gasteiger partial charge >= 0.3 is 66.9 Å². The molecule has 0 aromatic rings. The molecule has 0 bridgehead atoms. The monoisotopic (exact) mass is 232 g/mol. The molecule has 10 saturated heterocycles. The first-order valence-electron chi connectivity index (χ1n) is 5.66. The second-order valence-corrected chi connectivity index (χ2v) is 34.6. The molecule has 13 heavy (non-hydrogen) atoms. The topological polar surface area (TPSA) is 17.1 Å². The zero-order valence-corrected chi connectivity index (χ0v) is 8.90. The molecule has 0 aromatic heterocycles. The maximum atomic E-state index is 11.7. The normalized spacial score (nSPS) is 152. The third-order valence-corrected chi connectivity index (χ3v) is 61.6. The fourth-order valence-electron chi connectivity index (χ4n) is 16.3. The van der Waals surface area contributed by atoms with Crippen molar-refractivity contribution < 1.29 is 11.1 Å². The van der Waals surface area contributed by atoms with E-state index in [0.29, 0.717) is 12.5 Å². The van der Waals surface area contributed by atoms with Gasteiger partial charge in [0.15, 0.2) is 0 Å². The van der Waals surface area contributed by atoms with Gasteiger partial charge in [0, 0.05) is 0 Å². The Labute approximate surface area is 67.1 Å². The summed E-state index contributed by atoms with van der Waals surface area (Å²) in [6.07, 6.45) is 0. The molecule has 3 heteroatoms. The van der Waals surface area contributed by atoms with Crippen LogP contribution in [0.5, 0.6) is 0 Å². The van der Waals surface area contributed by atoms with Crippen LogP contribution in [0.3, 0.4) is 0 Å². The molecule has 10 heterocycles. The molecule has 0 amide bonds. The minimum absolute atomic E-state index is 0.652. The molecule has 0 saturated carbocycles. The van der Waals surface area contributed by atoms with Gasteiger partial charge in [0.2, 0.25) is 0 Å². The minimum atomic E-state index is -2.83. The Morgan fingerprint density at radius 2 is 1.31 bits per heavy atom. The number of rotatable bonds is 1. The van der Waals surface area contributed by atoms with Crippen LogP contribution in [-0.2, 0) is 11.1 Å². The van der Waals surface area contributed by atoms with Gasteiger partial charge in [-0.25, -0.2) is 0 Å². The predicted molar refractivity (Wildman–Crippen MR) is 44.1 cm³/mol. The fraction of sp³-hybridized carbons (Fsp3) is 1.00. The molecule has 4 atom stereocenters. The summed E-state index contributed by atoms with van der Waals surface area (Å²) < 4.78 is 12.4. The van der Waals surface area contributed by atoms with Gasteiger partial charge in [-0.2, -0.15) is 0 Å². The van der Waals surface area contributed by atoms with Crippen molar-refractivity contribution in [1.29, 1.82) is 0 Å². The molecular weight excluding hydrogens is 223 g/mol. The average Bonchev–Trinajstić information content (AvgIpc) is 3.12. The molecule has 4 unspecified atom stereocenters. The zero-order chi connectivity index (χ0) is 7.72. The van der Waals surface area contributed by atoms with Crippen LogP contribution in [0.1, 0.15) is 0 Å². The first-order chi connectivity index (χ1) is 6.11. The molecule has 1 nitrogen and oxygen atoms in total. The summed E-state index contributed by atoms with van der Waals surface area (Å²) in [5.74, 6) is 0. The van der Waals surface area contributed by atoms with E-state index in [2.05, 4.69) is 0 Å². The third-order valence-electron chi connectivity index (χ3n) is 14.7. The standard InChI is InChI=1S/C5H4OP.C5H5.Fe/c6-7-5-3-1-2-4-5;1-2-4-5-3-1;/h1-4H;1-5H;. The Hall–Kier alpha value is 0.619. The quantitative estimate of drug-likeness (QED) is 0.498. The van der Waals surface area contributed by atoms with Crippen LogP contribution in [0.2, 0.25) is 43.3 Å². The zero-order valence-electron chi connectivity index (χ0n) is 6.91. The predicted octanol–water partition coefficient (Wildman–Crippen LogP) is 3.58. The van der Waals surface area contributed by atoms with Gasteiger partial charge < -0.3 is 0 Å². The van der Waals surface area contributed by atoms with Crippen molar-refractivity contribution in [2.75, 3.05) is 0 Å². The Balaban J connectivity index is 2.14. The SMILES string of the molecule is O=P[C]12[CH]3[CH]4[CH]5[CH]1[Fe]45321678[CH]2[CH]1[CH]6[CH]7[CH]28. The Morgan fingerprint density at radius 3 is 1.38 bits per heavy atom. The molecule has 0 aromatic carbocycles. The summed E-state index contributed by atoms with van der Waals surface area (Å²) in [6.45, 7) is -2.83. The third kappa shape index (κ3) is 0.0303. The van der Waals surface area contributed by atoms with E-state index in [1.54, 1.807) is 0 Å². The van der Waals surface area contributed by atoms with E-state index >= 15 is 0 Å². The van der Waals surface area contributed by atoms with Crippen LogP contribution in [0.4, 0.5) is 0 Å². The van der Waals surface area contributed by atoms with Gasteiger partial charge in [-0.1, -0.05) is 0 Å². The van der Waals surface area contributed by atoms with E-state index in [9.17, 15) is 4.57 Å². The first-order valence-corrected chi connectivity index (χ1v) is 12.8.